The number of fused-ring (bicyclic) bond motifs is 2. The van der Waals surface area contributed by atoms with Gasteiger partial charge in [-0.3, -0.25) is 4.98 Å². The number of hydrogen-bond donors (Lipinski definition) is 0. The van der Waals surface area contributed by atoms with Crippen molar-refractivity contribution in [2.45, 2.75) is 23.0 Å². The van der Waals surface area contributed by atoms with Gasteiger partial charge in [-0.1, -0.05) is 42.5 Å². The van der Waals surface area contributed by atoms with Crippen molar-refractivity contribution in [3.05, 3.63) is 77.1 Å². The highest BCUT2D eigenvalue weighted by molar-refractivity contribution is 7.98. The van der Waals surface area contributed by atoms with E-state index in [9.17, 15) is 0 Å². The molecule has 22 heavy (non-hydrogen) atoms. The summed E-state index contributed by atoms with van der Waals surface area (Å²) >= 11 is 3.90. The Morgan fingerprint density at radius 1 is 0.591 bits per heavy atom. The average Bonchev–Trinajstić information content (AvgIpc) is 2.55. The smallest absolute Gasteiger partial charge is 0.0506 e. The highest BCUT2D eigenvalue weighted by atomic mass is 32.2. The topological polar surface area (TPSA) is 12.9 Å². The van der Waals surface area contributed by atoms with Gasteiger partial charge in [0.15, 0.2) is 0 Å². The standard InChI is InChI=1S/C19H17NS2/c1-4-14-10-21-12-16-6-3-7-17(20-16)13-22-11-15-5-2-9-19(14)18(15)8-1/h1-9H,10-13H2. The third-order valence-electron chi connectivity index (χ3n) is 3.98. The molecule has 0 unspecified atom stereocenters. The van der Waals surface area contributed by atoms with Crippen LogP contribution in [0, 0.1) is 0 Å². The van der Waals surface area contributed by atoms with Crippen molar-refractivity contribution < 1.29 is 0 Å². The predicted octanol–water partition coefficient (Wildman–Crippen LogP) is 5.42. The van der Waals surface area contributed by atoms with Crippen molar-refractivity contribution in [2.24, 2.45) is 0 Å². The third kappa shape index (κ3) is 2.88. The molecule has 2 heterocycles. The molecule has 0 N–H and O–H groups in total. The largest absolute Gasteiger partial charge is 0.256 e. The van der Waals surface area contributed by atoms with Crippen LogP contribution < -0.4 is 0 Å². The summed E-state index contributed by atoms with van der Waals surface area (Å²) in [5, 5.41) is 2.82. The van der Waals surface area contributed by atoms with E-state index in [4.69, 9.17) is 4.98 Å². The van der Waals surface area contributed by atoms with Gasteiger partial charge in [-0.2, -0.15) is 23.5 Å². The molecule has 6 bridgehead atoms. The Morgan fingerprint density at radius 2 is 1.09 bits per heavy atom. The summed E-state index contributed by atoms with van der Waals surface area (Å²) in [5.41, 5.74) is 5.26. The Kier molecular flexibility index (Phi) is 4.09. The SMILES string of the molecule is c1cc2nc(c1)CSCc1cccc3c(cccc13)CSC2. The van der Waals surface area contributed by atoms with Crippen LogP contribution in [0.5, 0.6) is 0 Å². The van der Waals surface area contributed by atoms with Crippen LogP contribution in [0.3, 0.4) is 0 Å². The van der Waals surface area contributed by atoms with Gasteiger partial charge in [0.2, 0.25) is 0 Å². The molecule has 0 saturated heterocycles. The molecule has 0 spiro atoms. The molecule has 2 aromatic carbocycles. The van der Waals surface area contributed by atoms with Crippen LogP contribution in [0.4, 0.5) is 0 Å². The predicted molar refractivity (Wildman–Crippen MR) is 98.2 cm³/mol. The number of rotatable bonds is 0. The minimum Gasteiger partial charge on any atom is -0.256 e. The Morgan fingerprint density at radius 3 is 1.64 bits per heavy atom. The zero-order valence-corrected chi connectivity index (χ0v) is 13.9. The first kappa shape index (κ1) is 14.2. The Bertz CT molecular complexity index is 749. The average molecular weight is 323 g/mol. The van der Waals surface area contributed by atoms with Crippen LogP contribution in [0.2, 0.25) is 0 Å². The van der Waals surface area contributed by atoms with Crippen LogP contribution in [0.25, 0.3) is 10.8 Å². The second kappa shape index (κ2) is 6.35. The molecule has 1 aromatic heterocycles. The van der Waals surface area contributed by atoms with Gasteiger partial charge in [0.05, 0.1) is 11.4 Å². The summed E-state index contributed by atoms with van der Waals surface area (Å²) < 4.78 is 0. The molecule has 0 saturated carbocycles. The number of nitrogens with zero attached hydrogens (tertiary/aromatic N) is 1. The summed E-state index contributed by atoms with van der Waals surface area (Å²) in [7, 11) is 0. The first-order chi connectivity index (χ1) is 10.9. The van der Waals surface area contributed by atoms with Crippen molar-refractivity contribution >= 4 is 34.3 Å². The monoisotopic (exact) mass is 323 g/mol. The van der Waals surface area contributed by atoms with Gasteiger partial charge < -0.3 is 0 Å². The van der Waals surface area contributed by atoms with E-state index >= 15 is 0 Å². The zero-order chi connectivity index (χ0) is 14.8. The first-order valence-electron chi connectivity index (χ1n) is 7.50. The maximum absolute atomic E-state index is 4.78. The molecular formula is C19H17NS2. The van der Waals surface area contributed by atoms with E-state index in [2.05, 4.69) is 54.6 Å². The van der Waals surface area contributed by atoms with Crippen molar-refractivity contribution in [1.29, 1.82) is 0 Å². The number of thioether (sulfide) groups is 2. The van der Waals surface area contributed by atoms with Gasteiger partial charge in [0, 0.05) is 23.0 Å². The molecule has 1 aliphatic heterocycles. The Balaban J connectivity index is 1.77. The second-order valence-corrected chi connectivity index (χ2v) is 7.51. The fraction of sp³-hybridized carbons (Fsp3) is 0.211. The fourth-order valence-electron chi connectivity index (χ4n) is 2.91. The van der Waals surface area contributed by atoms with E-state index in [1.807, 2.05) is 23.5 Å². The van der Waals surface area contributed by atoms with Crippen molar-refractivity contribution in [3.8, 4) is 0 Å². The summed E-state index contributed by atoms with van der Waals surface area (Å²) in [6.45, 7) is 0. The molecule has 0 atom stereocenters. The summed E-state index contributed by atoms with van der Waals surface area (Å²) in [4.78, 5) is 4.78. The lowest BCUT2D eigenvalue weighted by molar-refractivity contribution is 1.09. The van der Waals surface area contributed by atoms with E-state index in [0.717, 1.165) is 23.0 Å². The normalized spacial score (nSPS) is 15.1. The molecule has 0 fully saturated rings. The van der Waals surface area contributed by atoms with Crippen molar-refractivity contribution in [1.82, 2.24) is 4.98 Å². The second-order valence-electron chi connectivity index (χ2n) is 5.54. The summed E-state index contributed by atoms with van der Waals surface area (Å²) in [6.07, 6.45) is 0. The van der Waals surface area contributed by atoms with E-state index in [1.165, 1.54) is 33.3 Å². The van der Waals surface area contributed by atoms with Gasteiger partial charge in [0.25, 0.3) is 0 Å². The molecule has 1 nitrogen and oxygen atoms in total. The molecule has 0 amide bonds. The molecule has 3 heteroatoms. The van der Waals surface area contributed by atoms with Gasteiger partial charge in [-0.15, -0.1) is 0 Å². The Hall–Kier alpha value is -1.45. The lowest BCUT2D eigenvalue weighted by atomic mass is 10.0. The fourth-order valence-corrected chi connectivity index (χ4v) is 4.80. The first-order valence-corrected chi connectivity index (χ1v) is 9.81. The van der Waals surface area contributed by atoms with Crippen molar-refractivity contribution in [3.63, 3.8) is 0 Å². The third-order valence-corrected chi connectivity index (χ3v) is 6.01. The Labute approximate surface area is 139 Å². The minimum atomic E-state index is 0.981. The van der Waals surface area contributed by atoms with E-state index in [-0.39, 0.29) is 0 Å². The van der Waals surface area contributed by atoms with Crippen LogP contribution in [0.1, 0.15) is 22.5 Å². The quantitative estimate of drug-likeness (QED) is 0.548. The molecule has 0 radical (unpaired) electrons. The highest BCUT2D eigenvalue weighted by Crippen LogP contribution is 2.30. The number of hydrogen-bond acceptors (Lipinski definition) is 3. The van der Waals surface area contributed by atoms with Crippen LogP contribution in [-0.2, 0) is 23.0 Å². The summed E-state index contributed by atoms with van der Waals surface area (Å²) in [6, 6.07) is 19.9. The van der Waals surface area contributed by atoms with E-state index in [1.54, 1.807) is 0 Å². The molecule has 110 valence electrons. The van der Waals surface area contributed by atoms with Gasteiger partial charge in [0.1, 0.15) is 0 Å². The van der Waals surface area contributed by atoms with Crippen LogP contribution in [-0.4, -0.2) is 4.98 Å². The van der Waals surface area contributed by atoms with E-state index in [0.29, 0.717) is 0 Å². The van der Waals surface area contributed by atoms with E-state index < -0.39 is 0 Å². The summed E-state index contributed by atoms with van der Waals surface area (Å²) in [5.74, 6) is 4.04. The van der Waals surface area contributed by atoms with Gasteiger partial charge >= 0.3 is 0 Å². The molecule has 1 aliphatic rings. The highest BCUT2D eigenvalue weighted by Gasteiger charge is 2.08. The molecule has 0 aliphatic carbocycles. The maximum Gasteiger partial charge on any atom is 0.0506 e. The lowest BCUT2D eigenvalue weighted by Gasteiger charge is -2.10. The van der Waals surface area contributed by atoms with Gasteiger partial charge in [-0.05, 0) is 34.0 Å². The van der Waals surface area contributed by atoms with Crippen LogP contribution in [0.15, 0.2) is 54.6 Å². The van der Waals surface area contributed by atoms with Gasteiger partial charge in [-0.25, -0.2) is 0 Å². The van der Waals surface area contributed by atoms with Crippen molar-refractivity contribution in [2.75, 3.05) is 0 Å². The number of aromatic nitrogens is 1. The minimum absolute atomic E-state index is 0.981. The zero-order valence-electron chi connectivity index (χ0n) is 12.3. The number of pyridine rings is 1. The lowest BCUT2D eigenvalue weighted by Crippen LogP contribution is -1.93. The maximum atomic E-state index is 4.78. The molecule has 3 aromatic rings. The molecular weight excluding hydrogens is 306 g/mol. The van der Waals surface area contributed by atoms with Crippen LogP contribution >= 0.6 is 23.5 Å². The molecule has 4 rings (SSSR count). The number of benzene rings is 2.